The van der Waals surface area contributed by atoms with Crippen molar-refractivity contribution in [3.05, 3.63) is 106 Å². The van der Waals surface area contributed by atoms with Crippen LogP contribution >= 0.6 is 11.6 Å². The number of halogens is 1. The van der Waals surface area contributed by atoms with Gasteiger partial charge in [-0.15, -0.1) is 0 Å². The molecule has 0 saturated carbocycles. The molecule has 0 aliphatic rings. The lowest BCUT2D eigenvalue weighted by Crippen LogP contribution is -2.35. The van der Waals surface area contributed by atoms with E-state index in [9.17, 15) is 0 Å². The zero-order valence-corrected chi connectivity index (χ0v) is 16.0. The fourth-order valence-electron chi connectivity index (χ4n) is 3.24. The number of hydrogen-bond donors (Lipinski definition) is 1. The van der Waals surface area contributed by atoms with Gasteiger partial charge in [-0.2, -0.15) is 0 Å². The van der Waals surface area contributed by atoms with Crippen LogP contribution < -0.4 is 5.32 Å². The Kier molecular flexibility index (Phi) is 6.10. The summed E-state index contributed by atoms with van der Waals surface area (Å²) in [7, 11) is 1.93. The van der Waals surface area contributed by atoms with Crippen LogP contribution in [0.5, 0.6) is 0 Å². The first-order valence-corrected chi connectivity index (χ1v) is 9.22. The van der Waals surface area contributed by atoms with Crippen molar-refractivity contribution in [1.29, 1.82) is 0 Å². The second-order valence-electron chi connectivity index (χ2n) is 6.35. The van der Waals surface area contributed by atoms with E-state index in [4.69, 9.17) is 16.3 Å². The van der Waals surface area contributed by atoms with Crippen LogP contribution in [-0.2, 0) is 10.3 Å². The van der Waals surface area contributed by atoms with E-state index >= 15 is 0 Å². The third kappa shape index (κ3) is 3.68. The average Bonchev–Trinajstić information content (AvgIpc) is 2.68. The molecule has 0 aliphatic heterocycles. The van der Waals surface area contributed by atoms with Gasteiger partial charge in [-0.1, -0.05) is 90.0 Å². The molecule has 1 N–H and O–H groups in total. The zero-order valence-electron chi connectivity index (χ0n) is 15.2. The molecule has 0 spiro atoms. The third-order valence-corrected chi connectivity index (χ3v) is 4.89. The highest BCUT2D eigenvalue weighted by molar-refractivity contribution is 6.31. The maximum atomic E-state index is 6.66. The number of benzene rings is 3. The van der Waals surface area contributed by atoms with Crippen molar-refractivity contribution >= 4 is 11.6 Å². The number of hydrogen-bond acceptors (Lipinski definition) is 2. The first kappa shape index (κ1) is 18.7. The maximum Gasteiger partial charge on any atom is 0.145 e. The predicted octanol–water partition coefficient (Wildman–Crippen LogP) is 5.18. The Balaban J connectivity index is 2.26. The summed E-state index contributed by atoms with van der Waals surface area (Å²) in [6, 6.07) is 26.7. The molecule has 26 heavy (non-hydrogen) atoms. The second kappa shape index (κ2) is 8.50. The van der Waals surface area contributed by atoms with E-state index < -0.39 is 5.60 Å². The van der Waals surface area contributed by atoms with Crippen LogP contribution in [-0.4, -0.2) is 20.2 Å². The van der Waals surface area contributed by atoms with Gasteiger partial charge in [0.1, 0.15) is 5.60 Å². The van der Waals surface area contributed by atoms with Gasteiger partial charge in [0.15, 0.2) is 0 Å². The van der Waals surface area contributed by atoms with E-state index in [0.29, 0.717) is 11.6 Å². The Morgan fingerprint density at radius 3 is 2.12 bits per heavy atom. The molecule has 1 atom stereocenters. The smallest absolute Gasteiger partial charge is 0.145 e. The molecular formula is C23H24ClNO. The van der Waals surface area contributed by atoms with E-state index in [1.807, 2.05) is 43.4 Å². The van der Waals surface area contributed by atoms with Crippen molar-refractivity contribution in [2.75, 3.05) is 20.2 Å². The van der Waals surface area contributed by atoms with E-state index in [1.54, 1.807) is 0 Å². The highest BCUT2D eigenvalue weighted by atomic mass is 35.5. The van der Waals surface area contributed by atoms with E-state index in [0.717, 1.165) is 23.2 Å². The highest BCUT2D eigenvalue weighted by Crippen LogP contribution is 2.43. The molecule has 0 aromatic heterocycles. The minimum absolute atomic E-state index is 0.560. The van der Waals surface area contributed by atoms with Gasteiger partial charge in [-0.3, -0.25) is 0 Å². The average molecular weight is 366 g/mol. The van der Waals surface area contributed by atoms with E-state index in [-0.39, 0.29) is 0 Å². The molecule has 0 amide bonds. The SMILES string of the molecule is CNCCOC(c1ccccc1)(c1ccc(C)cc1)c1ccccc1Cl. The number of rotatable bonds is 7. The van der Waals surface area contributed by atoms with Crippen molar-refractivity contribution in [2.24, 2.45) is 0 Å². The van der Waals surface area contributed by atoms with Crippen molar-refractivity contribution < 1.29 is 4.74 Å². The van der Waals surface area contributed by atoms with Crippen LogP contribution in [0.3, 0.4) is 0 Å². The Bertz CT molecular complexity index is 832. The van der Waals surface area contributed by atoms with Gasteiger partial charge in [0.05, 0.1) is 6.61 Å². The summed E-state index contributed by atoms with van der Waals surface area (Å²) in [5, 5.41) is 3.86. The molecule has 0 bridgehead atoms. The quantitative estimate of drug-likeness (QED) is 0.460. The molecule has 3 rings (SSSR count). The van der Waals surface area contributed by atoms with Gasteiger partial charge >= 0.3 is 0 Å². The molecular weight excluding hydrogens is 342 g/mol. The largest absolute Gasteiger partial charge is 0.359 e. The molecule has 1 unspecified atom stereocenters. The van der Waals surface area contributed by atoms with E-state index in [2.05, 4.69) is 54.7 Å². The lowest BCUT2D eigenvalue weighted by molar-refractivity contribution is 0.0156. The van der Waals surface area contributed by atoms with Crippen LogP contribution in [0, 0.1) is 6.92 Å². The van der Waals surface area contributed by atoms with Crippen LogP contribution in [0.25, 0.3) is 0 Å². The number of aryl methyl sites for hydroxylation is 1. The molecule has 3 heteroatoms. The summed E-state index contributed by atoms with van der Waals surface area (Å²) in [6.07, 6.45) is 0. The Hall–Kier alpha value is -2.13. The van der Waals surface area contributed by atoms with Crippen LogP contribution in [0.4, 0.5) is 0 Å². The fourth-order valence-corrected chi connectivity index (χ4v) is 3.50. The molecule has 0 saturated heterocycles. The number of ether oxygens (including phenoxy) is 1. The van der Waals surface area contributed by atoms with Gasteiger partial charge < -0.3 is 10.1 Å². The van der Waals surface area contributed by atoms with Gasteiger partial charge in [-0.25, -0.2) is 0 Å². The highest BCUT2D eigenvalue weighted by Gasteiger charge is 2.39. The second-order valence-corrected chi connectivity index (χ2v) is 6.75. The van der Waals surface area contributed by atoms with Crippen molar-refractivity contribution in [3.63, 3.8) is 0 Å². The lowest BCUT2D eigenvalue weighted by atomic mass is 9.79. The fraction of sp³-hybridized carbons (Fsp3) is 0.217. The predicted molar refractivity (Wildman–Crippen MR) is 109 cm³/mol. The van der Waals surface area contributed by atoms with Crippen molar-refractivity contribution in [1.82, 2.24) is 5.32 Å². The summed E-state index contributed by atoms with van der Waals surface area (Å²) < 4.78 is 6.60. The maximum absolute atomic E-state index is 6.66. The monoisotopic (exact) mass is 365 g/mol. The van der Waals surface area contributed by atoms with Crippen molar-refractivity contribution in [2.45, 2.75) is 12.5 Å². The first-order chi connectivity index (χ1) is 12.7. The normalized spacial score (nSPS) is 13.3. The zero-order chi connectivity index (χ0) is 18.4. The molecule has 0 fully saturated rings. The summed E-state index contributed by atoms with van der Waals surface area (Å²) in [4.78, 5) is 0. The molecule has 0 radical (unpaired) electrons. The van der Waals surface area contributed by atoms with Gasteiger partial charge in [0.25, 0.3) is 0 Å². The van der Waals surface area contributed by atoms with Gasteiger partial charge in [0.2, 0.25) is 0 Å². The summed E-state index contributed by atoms with van der Waals surface area (Å²) in [6.45, 7) is 3.40. The summed E-state index contributed by atoms with van der Waals surface area (Å²) in [5.41, 5.74) is 3.54. The molecule has 0 heterocycles. The number of nitrogens with one attached hydrogen (secondary N) is 1. The topological polar surface area (TPSA) is 21.3 Å². The first-order valence-electron chi connectivity index (χ1n) is 8.84. The minimum Gasteiger partial charge on any atom is -0.359 e. The minimum atomic E-state index is -0.760. The van der Waals surface area contributed by atoms with E-state index in [1.165, 1.54) is 5.56 Å². The van der Waals surface area contributed by atoms with Crippen LogP contribution in [0.1, 0.15) is 22.3 Å². The molecule has 3 aromatic carbocycles. The summed E-state index contributed by atoms with van der Waals surface area (Å²) >= 11 is 6.66. The third-order valence-electron chi connectivity index (χ3n) is 4.56. The molecule has 134 valence electrons. The Morgan fingerprint density at radius 2 is 1.46 bits per heavy atom. The van der Waals surface area contributed by atoms with Crippen LogP contribution in [0.15, 0.2) is 78.9 Å². The molecule has 0 aliphatic carbocycles. The van der Waals surface area contributed by atoms with Gasteiger partial charge in [0, 0.05) is 17.1 Å². The lowest BCUT2D eigenvalue weighted by Gasteiger charge is -2.36. The van der Waals surface area contributed by atoms with Crippen LogP contribution in [0.2, 0.25) is 5.02 Å². The molecule has 2 nitrogen and oxygen atoms in total. The summed E-state index contributed by atoms with van der Waals surface area (Å²) in [5.74, 6) is 0. The van der Waals surface area contributed by atoms with Gasteiger partial charge in [-0.05, 0) is 31.2 Å². The standard InChI is InChI=1S/C23H24ClNO/c1-18-12-14-20(15-13-18)23(26-17-16-25-2,19-8-4-3-5-9-19)21-10-6-7-11-22(21)24/h3-15,25H,16-17H2,1-2H3. The Morgan fingerprint density at radius 1 is 0.846 bits per heavy atom. The van der Waals surface area contributed by atoms with Crippen molar-refractivity contribution in [3.8, 4) is 0 Å². The Labute approximate surface area is 160 Å². The number of likely N-dealkylation sites (N-methyl/N-ethyl adjacent to an activating group) is 1. The molecule has 3 aromatic rings.